The Kier molecular flexibility index (Phi) is 6.98. The quantitative estimate of drug-likeness (QED) is 0.457. The topological polar surface area (TPSA) is 117 Å². The highest BCUT2D eigenvalue weighted by Gasteiger charge is 2.24. The number of amides is 2. The molecule has 7 heteroatoms. The Morgan fingerprint density at radius 2 is 1.80 bits per heavy atom. The van der Waals surface area contributed by atoms with Gasteiger partial charge in [0.15, 0.2) is 0 Å². The molecular formula is C23H26N4O3. The number of anilines is 1. The van der Waals surface area contributed by atoms with Crippen molar-refractivity contribution in [1.82, 2.24) is 15.6 Å². The average Bonchev–Trinajstić information content (AvgIpc) is 2.78. The summed E-state index contributed by atoms with van der Waals surface area (Å²) < 4.78 is 0. The van der Waals surface area contributed by atoms with Gasteiger partial charge in [-0.25, -0.2) is 4.98 Å². The molecule has 30 heavy (non-hydrogen) atoms. The fraction of sp³-hybridized carbons (Fsp3) is 0.261. The highest BCUT2D eigenvalue weighted by Crippen LogP contribution is 2.26. The van der Waals surface area contributed by atoms with Crippen molar-refractivity contribution in [3.8, 4) is 0 Å². The summed E-state index contributed by atoms with van der Waals surface area (Å²) in [5.41, 5.74) is 7.24. The lowest BCUT2D eigenvalue weighted by Gasteiger charge is -2.20. The minimum Gasteiger partial charge on any atom is -0.384 e. The number of nitrogens with zero attached hydrogens (tertiary/aromatic N) is 1. The highest BCUT2D eigenvalue weighted by molar-refractivity contribution is 5.93. The van der Waals surface area contributed by atoms with E-state index in [-0.39, 0.29) is 12.5 Å². The molecule has 5 N–H and O–H groups in total. The number of aliphatic hydroxyl groups excluding tert-OH is 1. The van der Waals surface area contributed by atoms with E-state index in [1.54, 1.807) is 25.3 Å². The second-order valence-corrected chi connectivity index (χ2v) is 7.10. The number of nitrogens with one attached hydrogen (secondary N) is 2. The minimum atomic E-state index is -1.10. The van der Waals surface area contributed by atoms with Gasteiger partial charge in [-0.1, -0.05) is 55.5 Å². The van der Waals surface area contributed by atoms with E-state index in [9.17, 15) is 14.7 Å². The van der Waals surface area contributed by atoms with Gasteiger partial charge in [0.1, 0.15) is 11.9 Å². The Morgan fingerprint density at radius 3 is 2.53 bits per heavy atom. The fourth-order valence-electron chi connectivity index (χ4n) is 3.26. The molecule has 0 saturated carbocycles. The second kappa shape index (κ2) is 9.84. The summed E-state index contributed by atoms with van der Waals surface area (Å²) in [7, 11) is 0. The van der Waals surface area contributed by atoms with Crippen molar-refractivity contribution in [2.45, 2.75) is 31.9 Å². The van der Waals surface area contributed by atoms with E-state index in [0.29, 0.717) is 18.8 Å². The van der Waals surface area contributed by atoms with Gasteiger partial charge in [0.2, 0.25) is 11.8 Å². The number of rotatable bonds is 8. The summed E-state index contributed by atoms with van der Waals surface area (Å²) in [6.07, 6.45) is 0.824. The van der Waals surface area contributed by atoms with Crippen LogP contribution in [0.2, 0.25) is 0 Å². The first kappa shape index (κ1) is 21.3. The number of aliphatic hydroxyl groups is 1. The Balaban J connectivity index is 1.83. The summed E-state index contributed by atoms with van der Waals surface area (Å²) in [6.45, 7) is 2.09. The van der Waals surface area contributed by atoms with Crippen molar-refractivity contribution in [2.75, 3.05) is 12.3 Å². The van der Waals surface area contributed by atoms with Crippen LogP contribution in [0.1, 0.15) is 30.4 Å². The Morgan fingerprint density at radius 1 is 1.03 bits per heavy atom. The first-order valence-electron chi connectivity index (χ1n) is 9.91. The molecule has 1 heterocycles. The molecular weight excluding hydrogens is 380 g/mol. The van der Waals surface area contributed by atoms with Gasteiger partial charge < -0.3 is 21.5 Å². The number of carbonyl (C=O) groups excluding carboxylic acids is 2. The summed E-state index contributed by atoms with van der Waals surface area (Å²) in [4.78, 5) is 29.2. The molecule has 0 saturated heterocycles. The number of pyridine rings is 1. The third-order valence-electron chi connectivity index (χ3n) is 5.00. The number of benzene rings is 2. The highest BCUT2D eigenvalue weighted by atomic mass is 16.3. The van der Waals surface area contributed by atoms with Crippen molar-refractivity contribution in [3.63, 3.8) is 0 Å². The predicted molar refractivity (Wildman–Crippen MR) is 116 cm³/mol. The summed E-state index contributed by atoms with van der Waals surface area (Å²) in [5.74, 6) is -0.922. The summed E-state index contributed by atoms with van der Waals surface area (Å²) in [6, 6.07) is 17.0. The largest absolute Gasteiger partial charge is 0.384 e. The maximum absolute atomic E-state index is 13.1. The van der Waals surface area contributed by atoms with Gasteiger partial charge in [-0.15, -0.1) is 0 Å². The standard InChI is InChI=1S/C23H26N4O3/c1-2-20(28)23(30)27-14-19(18-9-5-7-16-6-3-4-8-17(16)18)22(29)26-13-15-10-11-21(24)25-12-15/h3-12,19-20,28H,2,13-14H2,1H3,(H2,24,25)(H,26,29)(H,27,30)/t19?,20-/m1/s1. The van der Waals surface area contributed by atoms with Crippen LogP contribution in [-0.2, 0) is 16.1 Å². The Labute approximate surface area is 175 Å². The molecule has 3 aromatic rings. The SMILES string of the molecule is CC[C@@H](O)C(=O)NCC(C(=O)NCc1ccc(N)nc1)c1cccc2ccccc12. The van der Waals surface area contributed by atoms with Crippen LogP contribution < -0.4 is 16.4 Å². The van der Waals surface area contributed by atoms with Crippen molar-refractivity contribution in [3.05, 3.63) is 71.9 Å². The lowest BCUT2D eigenvalue weighted by Crippen LogP contribution is -2.41. The minimum absolute atomic E-state index is 0.0791. The van der Waals surface area contributed by atoms with Crippen LogP contribution >= 0.6 is 0 Å². The molecule has 3 rings (SSSR count). The second-order valence-electron chi connectivity index (χ2n) is 7.10. The predicted octanol–water partition coefficient (Wildman–Crippen LogP) is 2.10. The van der Waals surface area contributed by atoms with Crippen LogP contribution in [-0.4, -0.2) is 34.6 Å². The fourth-order valence-corrected chi connectivity index (χ4v) is 3.26. The number of nitrogen functional groups attached to an aromatic ring is 1. The lowest BCUT2D eigenvalue weighted by molar-refractivity contribution is -0.129. The lowest BCUT2D eigenvalue weighted by atomic mass is 9.92. The van der Waals surface area contributed by atoms with Gasteiger partial charge in [-0.2, -0.15) is 0 Å². The zero-order chi connectivity index (χ0) is 21.5. The van der Waals surface area contributed by atoms with E-state index in [4.69, 9.17) is 5.73 Å². The molecule has 2 atom stereocenters. The average molecular weight is 406 g/mol. The van der Waals surface area contributed by atoms with Crippen molar-refractivity contribution >= 4 is 28.4 Å². The number of fused-ring (bicyclic) bond motifs is 1. The van der Waals surface area contributed by atoms with Crippen LogP contribution in [0, 0.1) is 0 Å². The van der Waals surface area contributed by atoms with Gasteiger partial charge in [-0.05, 0) is 34.4 Å². The normalized spacial score (nSPS) is 12.9. The number of carbonyl (C=O) groups is 2. The Hall–Kier alpha value is -3.45. The molecule has 0 spiro atoms. The smallest absolute Gasteiger partial charge is 0.248 e. The van der Waals surface area contributed by atoms with E-state index < -0.39 is 17.9 Å². The third-order valence-corrected chi connectivity index (χ3v) is 5.00. The van der Waals surface area contributed by atoms with E-state index >= 15 is 0 Å². The number of hydrogen-bond donors (Lipinski definition) is 4. The summed E-state index contributed by atoms with van der Waals surface area (Å²) in [5, 5.41) is 17.3. The molecule has 156 valence electrons. The first-order valence-corrected chi connectivity index (χ1v) is 9.91. The van der Waals surface area contributed by atoms with Crippen LogP contribution in [0.25, 0.3) is 10.8 Å². The number of nitrogens with two attached hydrogens (primary N) is 1. The van der Waals surface area contributed by atoms with E-state index in [0.717, 1.165) is 21.9 Å². The summed E-state index contributed by atoms with van der Waals surface area (Å²) >= 11 is 0. The third kappa shape index (κ3) is 5.12. The molecule has 0 fully saturated rings. The van der Waals surface area contributed by atoms with Gasteiger partial charge in [-0.3, -0.25) is 9.59 Å². The molecule has 1 unspecified atom stereocenters. The molecule has 0 aliphatic heterocycles. The van der Waals surface area contributed by atoms with E-state index in [2.05, 4.69) is 15.6 Å². The molecule has 2 amide bonds. The Bertz CT molecular complexity index is 1020. The van der Waals surface area contributed by atoms with Gasteiger partial charge in [0, 0.05) is 19.3 Å². The maximum atomic E-state index is 13.1. The van der Waals surface area contributed by atoms with Crippen molar-refractivity contribution < 1.29 is 14.7 Å². The number of hydrogen-bond acceptors (Lipinski definition) is 5. The van der Waals surface area contributed by atoms with Crippen LogP contribution in [0.5, 0.6) is 0 Å². The van der Waals surface area contributed by atoms with Crippen molar-refractivity contribution in [1.29, 1.82) is 0 Å². The molecule has 0 aliphatic rings. The zero-order valence-corrected chi connectivity index (χ0v) is 16.8. The van der Waals surface area contributed by atoms with Crippen LogP contribution in [0.4, 0.5) is 5.82 Å². The molecule has 2 aromatic carbocycles. The van der Waals surface area contributed by atoms with Crippen molar-refractivity contribution in [2.24, 2.45) is 0 Å². The molecule has 7 nitrogen and oxygen atoms in total. The molecule has 0 bridgehead atoms. The maximum Gasteiger partial charge on any atom is 0.248 e. The molecule has 1 aromatic heterocycles. The van der Waals surface area contributed by atoms with Gasteiger partial charge >= 0.3 is 0 Å². The van der Waals surface area contributed by atoms with Crippen LogP contribution in [0.15, 0.2) is 60.8 Å². The van der Waals surface area contributed by atoms with Gasteiger partial charge in [0.25, 0.3) is 0 Å². The molecule has 0 aliphatic carbocycles. The van der Waals surface area contributed by atoms with Crippen LogP contribution in [0.3, 0.4) is 0 Å². The van der Waals surface area contributed by atoms with E-state index in [1.807, 2.05) is 42.5 Å². The van der Waals surface area contributed by atoms with Gasteiger partial charge in [0.05, 0.1) is 5.92 Å². The molecule has 0 radical (unpaired) electrons. The van der Waals surface area contributed by atoms with E-state index in [1.165, 1.54) is 0 Å². The zero-order valence-electron chi connectivity index (χ0n) is 16.8. The first-order chi connectivity index (χ1) is 14.5. The monoisotopic (exact) mass is 406 g/mol. The number of aromatic nitrogens is 1.